The number of para-hydroxylation sites is 1. The normalized spacial score (nSPS) is 18.2. The molecule has 0 amide bonds. The lowest BCUT2D eigenvalue weighted by Crippen LogP contribution is -2.30. The molecule has 0 N–H and O–H groups in total. The van der Waals surface area contributed by atoms with Crippen LogP contribution in [-0.2, 0) is 6.18 Å². The molecule has 0 spiro atoms. The third-order valence-electron chi connectivity index (χ3n) is 6.56. The second-order valence-electron chi connectivity index (χ2n) is 8.49. The highest BCUT2D eigenvalue weighted by Crippen LogP contribution is 2.48. The van der Waals surface area contributed by atoms with E-state index in [-0.39, 0.29) is 5.69 Å². The molecule has 1 aliphatic heterocycles. The van der Waals surface area contributed by atoms with Crippen LogP contribution in [0.3, 0.4) is 0 Å². The monoisotopic (exact) mass is 454 g/mol. The third kappa shape index (κ3) is 3.79. The first kappa shape index (κ1) is 21.6. The molecule has 1 saturated carbocycles. The number of ether oxygens (including phenoxy) is 2. The quantitative estimate of drug-likeness (QED) is 0.506. The Morgan fingerprint density at radius 3 is 2.09 bits per heavy atom. The molecular formula is C26H25F3N2O2. The van der Waals surface area contributed by atoms with Gasteiger partial charge in [0.2, 0.25) is 0 Å². The molecule has 33 heavy (non-hydrogen) atoms. The van der Waals surface area contributed by atoms with Crippen molar-refractivity contribution in [2.75, 3.05) is 19.2 Å². The van der Waals surface area contributed by atoms with E-state index < -0.39 is 11.7 Å². The minimum atomic E-state index is -4.48. The summed E-state index contributed by atoms with van der Waals surface area (Å²) in [5, 5.41) is 6.44. The number of hydrazone groups is 1. The Morgan fingerprint density at radius 1 is 0.848 bits per heavy atom. The molecule has 2 aliphatic carbocycles. The van der Waals surface area contributed by atoms with Crippen LogP contribution in [-0.4, -0.2) is 19.9 Å². The van der Waals surface area contributed by atoms with Gasteiger partial charge in [0.05, 0.1) is 36.9 Å². The van der Waals surface area contributed by atoms with Crippen molar-refractivity contribution < 1.29 is 22.6 Å². The molecule has 2 aromatic carbocycles. The maximum Gasteiger partial charge on any atom is 0.418 e. The van der Waals surface area contributed by atoms with Crippen LogP contribution in [0.5, 0.6) is 11.5 Å². The van der Waals surface area contributed by atoms with Gasteiger partial charge in [-0.05, 0) is 79.5 Å². The van der Waals surface area contributed by atoms with Gasteiger partial charge in [-0.1, -0.05) is 12.1 Å². The van der Waals surface area contributed by atoms with E-state index in [1.54, 1.807) is 31.4 Å². The van der Waals surface area contributed by atoms with Crippen molar-refractivity contribution in [3.05, 3.63) is 76.0 Å². The van der Waals surface area contributed by atoms with Gasteiger partial charge in [-0.25, -0.2) is 5.01 Å². The average molecular weight is 454 g/mol. The van der Waals surface area contributed by atoms with Gasteiger partial charge < -0.3 is 9.47 Å². The molecule has 0 saturated heterocycles. The summed E-state index contributed by atoms with van der Waals surface area (Å²) in [4.78, 5) is 0. The number of methoxy groups -OCH3 is 2. The lowest BCUT2D eigenvalue weighted by molar-refractivity contribution is -0.137. The summed E-state index contributed by atoms with van der Waals surface area (Å²) in [5.41, 5.74) is 5.11. The number of rotatable bonds is 4. The van der Waals surface area contributed by atoms with Crippen molar-refractivity contribution in [2.24, 2.45) is 5.10 Å². The van der Waals surface area contributed by atoms with Crippen LogP contribution >= 0.6 is 0 Å². The standard InChI is InChI=1S/C26H25F3N2O2/c1-32-18-13-17(14-19(15-18)33-2)24-20-9-6-10-21(20)25(16-7-5-8-16)31(30-24)23-12-4-3-11-22(23)26(27,28)29/h3-4,11-15H,5-10H2,1-2H3. The molecule has 1 heterocycles. The number of hydrogen-bond acceptors (Lipinski definition) is 4. The largest absolute Gasteiger partial charge is 0.497 e. The van der Waals surface area contributed by atoms with Crippen LogP contribution in [0.25, 0.3) is 0 Å². The van der Waals surface area contributed by atoms with Crippen molar-refractivity contribution in [2.45, 2.75) is 44.7 Å². The van der Waals surface area contributed by atoms with Gasteiger partial charge >= 0.3 is 6.18 Å². The van der Waals surface area contributed by atoms with Crippen LogP contribution in [0.15, 0.2) is 70.0 Å². The predicted molar refractivity (Wildman–Crippen MR) is 122 cm³/mol. The van der Waals surface area contributed by atoms with E-state index in [2.05, 4.69) is 0 Å². The van der Waals surface area contributed by atoms with Crippen LogP contribution in [0.4, 0.5) is 18.9 Å². The fourth-order valence-electron chi connectivity index (χ4n) is 4.81. The van der Waals surface area contributed by atoms with E-state index in [1.165, 1.54) is 17.7 Å². The molecule has 0 unspecified atom stereocenters. The highest BCUT2D eigenvalue weighted by atomic mass is 19.4. The van der Waals surface area contributed by atoms with Crippen molar-refractivity contribution >= 4 is 11.4 Å². The Bertz CT molecular complexity index is 1170. The minimum Gasteiger partial charge on any atom is -0.497 e. The van der Waals surface area contributed by atoms with Gasteiger partial charge in [0.15, 0.2) is 0 Å². The van der Waals surface area contributed by atoms with Crippen LogP contribution in [0.2, 0.25) is 0 Å². The number of allylic oxidation sites excluding steroid dienone is 3. The lowest BCUT2D eigenvalue weighted by atomic mass is 9.85. The summed E-state index contributed by atoms with van der Waals surface area (Å²) in [6, 6.07) is 11.2. The van der Waals surface area contributed by atoms with E-state index in [4.69, 9.17) is 14.6 Å². The summed E-state index contributed by atoms with van der Waals surface area (Å²) in [5.74, 6) is 1.22. The highest BCUT2D eigenvalue weighted by Gasteiger charge is 2.39. The maximum absolute atomic E-state index is 14.0. The molecule has 0 aromatic heterocycles. The summed E-state index contributed by atoms with van der Waals surface area (Å²) >= 11 is 0. The molecule has 0 atom stereocenters. The highest BCUT2D eigenvalue weighted by molar-refractivity contribution is 6.15. The summed E-state index contributed by atoms with van der Waals surface area (Å²) in [6.07, 6.45) is 1.00. The Hall–Kier alpha value is -3.22. The van der Waals surface area contributed by atoms with Crippen LogP contribution in [0, 0.1) is 0 Å². The number of anilines is 1. The first-order chi connectivity index (χ1) is 15.9. The van der Waals surface area contributed by atoms with E-state index in [0.717, 1.165) is 67.0 Å². The molecule has 4 nitrogen and oxygen atoms in total. The Morgan fingerprint density at radius 2 is 1.48 bits per heavy atom. The molecule has 0 bridgehead atoms. The molecule has 5 rings (SSSR count). The maximum atomic E-state index is 14.0. The Labute approximate surface area is 191 Å². The van der Waals surface area contributed by atoms with E-state index in [0.29, 0.717) is 17.2 Å². The molecular weight excluding hydrogens is 429 g/mol. The van der Waals surface area contributed by atoms with Crippen molar-refractivity contribution in [3.63, 3.8) is 0 Å². The molecule has 0 radical (unpaired) electrons. The number of nitrogens with zero attached hydrogens (tertiary/aromatic N) is 2. The van der Waals surface area contributed by atoms with Gasteiger partial charge in [0.1, 0.15) is 11.5 Å². The van der Waals surface area contributed by atoms with Gasteiger partial charge in [-0.3, -0.25) is 0 Å². The first-order valence-electron chi connectivity index (χ1n) is 11.1. The van der Waals surface area contributed by atoms with Gasteiger partial charge in [0, 0.05) is 11.6 Å². The van der Waals surface area contributed by atoms with Gasteiger partial charge in [0.25, 0.3) is 0 Å². The lowest BCUT2D eigenvalue weighted by Gasteiger charge is -2.35. The summed E-state index contributed by atoms with van der Waals surface area (Å²) in [7, 11) is 3.15. The van der Waals surface area contributed by atoms with Gasteiger partial charge in [-0.2, -0.15) is 18.3 Å². The van der Waals surface area contributed by atoms with E-state index in [1.807, 2.05) is 12.1 Å². The van der Waals surface area contributed by atoms with Gasteiger partial charge in [-0.15, -0.1) is 0 Å². The third-order valence-corrected chi connectivity index (χ3v) is 6.56. The fourth-order valence-corrected chi connectivity index (χ4v) is 4.81. The second-order valence-corrected chi connectivity index (χ2v) is 8.49. The molecule has 1 fully saturated rings. The summed E-state index contributed by atoms with van der Waals surface area (Å²) in [6.45, 7) is 0. The van der Waals surface area contributed by atoms with Crippen molar-refractivity contribution in [1.82, 2.24) is 0 Å². The minimum absolute atomic E-state index is 0.0604. The van der Waals surface area contributed by atoms with E-state index >= 15 is 0 Å². The zero-order valence-corrected chi connectivity index (χ0v) is 18.6. The van der Waals surface area contributed by atoms with Crippen LogP contribution < -0.4 is 14.5 Å². The summed E-state index contributed by atoms with van der Waals surface area (Å²) < 4.78 is 52.8. The molecule has 2 aromatic rings. The first-order valence-corrected chi connectivity index (χ1v) is 11.1. The SMILES string of the molecule is COc1cc(OC)cc(C2=NN(c3ccccc3C(F)(F)F)C(=C3CCC3)C3=C2CCC3)c1. The predicted octanol–water partition coefficient (Wildman–Crippen LogP) is 6.87. The van der Waals surface area contributed by atoms with Crippen molar-refractivity contribution in [3.8, 4) is 11.5 Å². The Kier molecular flexibility index (Phi) is 5.43. The smallest absolute Gasteiger partial charge is 0.418 e. The zero-order valence-electron chi connectivity index (χ0n) is 18.6. The number of hydrogen-bond donors (Lipinski definition) is 0. The number of benzene rings is 2. The zero-order chi connectivity index (χ0) is 23.2. The number of alkyl halides is 3. The number of halogens is 3. The second kappa shape index (κ2) is 8.28. The molecule has 3 aliphatic rings. The van der Waals surface area contributed by atoms with Crippen molar-refractivity contribution in [1.29, 1.82) is 0 Å². The fraction of sp³-hybridized carbons (Fsp3) is 0.346. The molecule has 7 heteroatoms. The van der Waals surface area contributed by atoms with Crippen LogP contribution in [0.1, 0.15) is 49.7 Å². The average Bonchev–Trinajstić information content (AvgIpc) is 3.27. The molecule has 172 valence electrons. The Balaban J connectivity index is 1.75. The van der Waals surface area contributed by atoms with E-state index in [9.17, 15) is 13.2 Å². The topological polar surface area (TPSA) is 34.1 Å².